The maximum atomic E-state index is 14.8. The van der Waals surface area contributed by atoms with E-state index in [1.165, 1.54) is 51.4 Å². The number of rotatable bonds is 7. The van der Waals surface area contributed by atoms with Crippen molar-refractivity contribution in [1.82, 2.24) is 0 Å². The summed E-state index contributed by atoms with van der Waals surface area (Å²) in [6.07, 6.45) is 15.4. The summed E-state index contributed by atoms with van der Waals surface area (Å²) < 4.78 is 20.4. The van der Waals surface area contributed by atoms with Crippen molar-refractivity contribution >= 4 is 5.97 Å². The lowest BCUT2D eigenvalue weighted by molar-refractivity contribution is -0.143. The highest BCUT2D eigenvalue weighted by molar-refractivity contribution is 5.78. The molecule has 1 heterocycles. The zero-order valence-electron chi connectivity index (χ0n) is 20.5. The first-order valence-corrected chi connectivity index (χ1v) is 13.5. The van der Waals surface area contributed by atoms with Crippen molar-refractivity contribution in [2.45, 2.75) is 104 Å². The molecular weight excluding hydrogens is 399 g/mol. The molecule has 178 valence electrons. The molecule has 2 saturated carbocycles. The van der Waals surface area contributed by atoms with Crippen LogP contribution in [0.5, 0.6) is 5.75 Å². The summed E-state index contributed by atoms with van der Waals surface area (Å²) in [5.41, 5.74) is 1.54. The van der Waals surface area contributed by atoms with Gasteiger partial charge in [-0.05, 0) is 92.1 Å². The molecular formula is C29H43FO2. The molecule has 3 heteroatoms. The van der Waals surface area contributed by atoms with Gasteiger partial charge in [-0.2, -0.15) is 0 Å². The standard InChI is InChI=1S/C29H43FO2/c1-4-6-20-8-10-21(11-9-20)19(3)22-12-14-23(15-13-22)26-18-25-17-16-24(7-5-2)27(30)28(25)32-29(26)31/h16-17,19-23,26H,4-15,18H2,1-3H3. The second kappa shape index (κ2) is 10.7. The van der Waals surface area contributed by atoms with Crippen LogP contribution in [0.15, 0.2) is 12.1 Å². The number of benzene rings is 1. The monoisotopic (exact) mass is 442 g/mol. The van der Waals surface area contributed by atoms with Crippen LogP contribution in [-0.4, -0.2) is 5.97 Å². The molecule has 0 amide bonds. The second-order valence-electron chi connectivity index (χ2n) is 11.1. The first-order chi connectivity index (χ1) is 15.5. The highest BCUT2D eigenvalue weighted by Gasteiger charge is 2.40. The summed E-state index contributed by atoms with van der Waals surface area (Å²) in [5.74, 6) is 3.47. The van der Waals surface area contributed by atoms with Crippen LogP contribution in [0, 0.1) is 41.3 Å². The van der Waals surface area contributed by atoms with Crippen molar-refractivity contribution in [2.24, 2.45) is 35.5 Å². The topological polar surface area (TPSA) is 26.3 Å². The van der Waals surface area contributed by atoms with E-state index >= 15 is 0 Å². The molecule has 2 nitrogen and oxygen atoms in total. The normalized spacial score (nSPS) is 31.6. The number of esters is 1. The van der Waals surface area contributed by atoms with E-state index < -0.39 is 0 Å². The van der Waals surface area contributed by atoms with Crippen LogP contribution in [-0.2, 0) is 17.6 Å². The van der Waals surface area contributed by atoms with E-state index in [-0.39, 0.29) is 23.5 Å². The lowest BCUT2D eigenvalue weighted by Gasteiger charge is -2.41. The van der Waals surface area contributed by atoms with E-state index in [1.807, 2.05) is 19.1 Å². The quantitative estimate of drug-likeness (QED) is 0.317. The summed E-state index contributed by atoms with van der Waals surface area (Å²) in [6.45, 7) is 6.85. The van der Waals surface area contributed by atoms with Gasteiger partial charge in [-0.15, -0.1) is 0 Å². The number of carbonyl (C=O) groups excluding carboxylic acids is 1. The number of ether oxygens (including phenoxy) is 1. The van der Waals surface area contributed by atoms with E-state index in [0.29, 0.717) is 24.3 Å². The third-order valence-electron chi connectivity index (χ3n) is 9.18. The van der Waals surface area contributed by atoms with E-state index in [1.54, 1.807) is 0 Å². The van der Waals surface area contributed by atoms with Crippen LogP contribution in [0.1, 0.15) is 103 Å². The van der Waals surface area contributed by atoms with Gasteiger partial charge in [0.25, 0.3) is 0 Å². The molecule has 3 aliphatic rings. The molecule has 2 unspecified atom stereocenters. The van der Waals surface area contributed by atoms with Crippen molar-refractivity contribution in [3.05, 3.63) is 29.1 Å². The second-order valence-corrected chi connectivity index (χ2v) is 11.1. The lowest BCUT2D eigenvalue weighted by Crippen LogP contribution is -2.37. The van der Waals surface area contributed by atoms with Crippen LogP contribution in [0.4, 0.5) is 4.39 Å². The summed E-state index contributed by atoms with van der Waals surface area (Å²) in [7, 11) is 0. The van der Waals surface area contributed by atoms with Gasteiger partial charge in [-0.1, -0.05) is 65.0 Å². The fraction of sp³-hybridized carbons (Fsp3) is 0.759. The minimum absolute atomic E-state index is 0.0975. The highest BCUT2D eigenvalue weighted by Crippen LogP contribution is 2.46. The fourth-order valence-corrected chi connectivity index (χ4v) is 7.09. The Bertz CT molecular complexity index is 772. The minimum Gasteiger partial charge on any atom is -0.423 e. The van der Waals surface area contributed by atoms with Crippen molar-refractivity contribution < 1.29 is 13.9 Å². The van der Waals surface area contributed by atoms with E-state index in [4.69, 9.17) is 4.74 Å². The third-order valence-corrected chi connectivity index (χ3v) is 9.18. The number of fused-ring (bicyclic) bond motifs is 1. The van der Waals surface area contributed by atoms with Gasteiger partial charge < -0.3 is 4.74 Å². The van der Waals surface area contributed by atoms with E-state index in [9.17, 15) is 9.18 Å². The van der Waals surface area contributed by atoms with Gasteiger partial charge in [0.05, 0.1) is 5.92 Å². The summed E-state index contributed by atoms with van der Waals surface area (Å²) >= 11 is 0. The average Bonchev–Trinajstić information content (AvgIpc) is 2.81. The molecule has 0 aromatic heterocycles. The van der Waals surface area contributed by atoms with Gasteiger partial charge in [-0.25, -0.2) is 4.39 Å². The molecule has 0 bridgehead atoms. The SMILES string of the molecule is CCCc1ccc2c(c1F)OC(=O)C(C1CCC(C(C)C3CCC(CCC)CC3)CC1)C2. The molecule has 32 heavy (non-hydrogen) atoms. The molecule has 1 aromatic rings. The molecule has 2 fully saturated rings. The Kier molecular flexibility index (Phi) is 7.95. The predicted molar refractivity (Wildman–Crippen MR) is 128 cm³/mol. The Balaban J connectivity index is 1.32. The van der Waals surface area contributed by atoms with Crippen LogP contribution in [0.25, 0.3) is 0 Å². The van der Waals surface area contributed by atoms with Crippen LogP contribution in [0.3, 0.4) is 0 Å². The van der Waals surface area contributed by atoms with Crippen molar-refractivity contribution in [1.29, 1.82) is 0 Å². The molecule has 2 atom stereocenters. The molecule has 2 aliphatic carbocycles. The van der Waals surface area contributed by atoms with Gasteiger partial charge in [0.2, 0.25) is 0 Å². The first kappa shape index (κ1) is 23.8. The zero-order chi connectivity index (χ0) is 22.7. The number of halogens is 1. The molecule has 1 aliphatic heterocycles. The predicted octanol–water partition coefficient (Wildman–Crippen LogP) is 7.90. The Labute approximate surface area is 194 Å². The maximum Gasteiger partial charge on any atom is 0.315 e. The molecule has 0 spiro atoms. The number of hydrogen-bond acceptors (Lipinski definition) is 2. The molecule has 0 saturated heterocycles. The molecule has 0 radical (unpaired) electrons. The van der Waals surface area contributed by atoms with Gasteiger partial charge in [0.15, 0.2) is 11.6 Å². The fourth-order valence-electron chi connectivity index (χ4n) is 7.09. The van der Waals surface area contributed by atoms with Crippen LogP contribution >= 0.6 is 0 Å². The largest absolute Gasteiger partial charge is 0.423 e. The van der Waals surface area contributed by atoms with Crippen LogP contribution < -0.4 is 4.74 Å². The van der Waals surface area contributed by atoms with E-state index in [2.05, 4.69) is 13.8 Å². The Hall–Kier alpha value is -1.38. The molecule has 4 rings (SSSR count). The van der Waals surface area contributed by atoms with Crippen molar-refractivity contribution in [3.63, 3.8) is 0 Å². The number of carbonyl (C=O) groups is 1. The minimum atomic E-state index is -0.317. The molecule has 0 N–H and O–H groups in total. The number of hydrogen-bond donors (Lipinski definition) is 0. The lowest BCUT2D eigenvalue weighted by atomic mass is 9.65. The van der Waals surface area contributed by atoms with Gasteiger partial charge >= 0.3 is 5.97 Å². The zero-order valence-corrected chi connectivity index (χ0v) is 20.5. The van der Waals surface area contributed by atoms with Crippen molar-refractivity contribution in [3.8, 4) is 5.75 Å². The van der Waals surface area contributed by atoms with Gasteiger partial charge in [0.1, 0.15) is 0 Å². The number of aryl methyl sites for hydroxylation is 1. The molecule has 1 aromatic carbocycles. The Morgan fingerprint density at radius 2 is 1.62 bits per heavy atom. The first-order valence-electron chi connectivity index (χ1n) is 13.5. The van der Waals surface area contributed by atoms with Crippen molar-refractivity contribution in [2.75, 3.05) is 0 Å². The van der Waals surface area contributed by atoms with Crippen LogP contribution in [0.2, 0.25) is 0 Å². The maximum absolute atomic E-state index is 14.8. The van der Waals surface area contributed by atoms with Gasteiger partial charge in [0, 0.05) is 0 Å². The summed E-state index contributed by atoms with van der Waals surface area (Å²) in [6, 6.07) is 3.88. The summed E-state index contributed by atoms with van der Waals surface area (Å²) in [4.78, 5) is 12.8. The highest BCUT2D eigenvalue weighted by atomic mass is 19.1. The Morgan fingerprint density at radius 1 is 0.969 bits per heavy atom. The third kappa shape index (κ3) is 5.07. The average molecular weight is 443 g/mol. The van der Waals surface area contributed by atoms with E-state index in [0.717, 1.165) is 48.5 Å². The van der Waals surface area contributed by atoms with Gasteiger partial charge in [-0.3, -0.25) is 4.79 Å². The summed E-state index contributed by atoms with van der Waals surface area (Å²) in [5, 5.41) is 0. The smallest absolute Gasteiger partial charge is 0.315 e. The Morgan fingerprint density at radius 3 is 2.25 bits per heavy atom.